The van der Waals surface area contributed by atoms with Gasteiger partial charge in [-0.2, -0.15) is 22.0 Å². The van der Waals surface area contributed by atoms with Crippen LogP contribution in [0.15, 0.2) is 16.7 Å². The van der Waals surface area contributed by atoms with Gasteiger partial charge in [-0.3, -0.25) is 4.79 Å². The Morgan fingerprint density at radius 1 is 1.15 bits per heavy atom. The number of ether oxygens (including phenoxy) is 3. The molecule has 2 heterocycles. The van der Waals surface area contributed by atoms with Crippen LogP contribution >= 0.6 is 0 Å². The zero-order valence-corrected chi connectivity index (χ0v) is 13.2. The number of methoxy groups -OCH3 is 2. The minimum atomic E-state index is -6.16. The molecule has 11 heteroatoms. The molecule has 142 valence electrons. The number of halogens is 5. The van der Waals surface area contributed by atoms with E-state index in [-0.39, 0.29) is 16.7 Å². The molecule has 6 nitrogen and oxygen atoms in total. The third-order valence-corrected chi connectivity index (χ3v) is 3.98. The van der Waals surface area contributed by atoms with Crippen molar-refractivity contribution in [2.75, 3.05) is 14.2 Å². The SMILES string of the molecule is COc1c2c(c(OC)c3occc13)OC(O)(C(F)(F)C(F)(F)F)CC2=O. The van der Waals surface area contributed by atoms with Crippen molar-refractivity contribution in [3.8, 4) is 17.2 Å². The summed E-state index contributed by atoms with van der Waals surface area (Å²) in [6, 6.07) is 1.38. The summed E-state index contributed by atoms with van der Waals surface area (Å²) in [6.45, 7) is 0. The fraction of sp³-hybridized carbons (Fsp3) is 0.400. The lowest BCUT2D eigenvalue weighted by Gasteiger charge is -2.39. The number of Topliss-reactive ketones (excluding diaryl/α,β-unsaturated/α-hetero) is 1. The standard InChI is InChI=1S/C15H11F5O6/c1-23-9-6-3-4-25-10(6)12(24-2)11-8(9)7(21)5-13(22,26-11)14(16,17)15(18,19)20/h3-4,22H,5H2,1-2H3. The summed E-state index contributed by atoms with van der Waals surface area (Å²) in [7, 11) is 2.22. The first kappa shape index (κ1) is 18.2. The van der Waals surface area contributed by atoms with Crippen LogP contribution in [0.25, 0.3) is 11.0 Å². The average Bonchev–Trinajstić information content (AvgIpc) is 3.00. The molecule has 0 saturated heterocycles. The minimum Gasteiger partial charge on any atom is -0.495 e. The van der Waals surface area contributed by atoms with E-state index in [9.17, 15) is 31.9 Å². The number of alkyl halides is 5. The van der Waals surface area contributed by atoms with E-state index < -0.39 is 47.2 Å². The van der Waals surface area contributed by atoms with Crippen LogP contribution < -0.4 is 14.2 Å². The summed E-state index contributed by atoms with van der Waals surface area (Å²) in [5.41, 5.74) is -0.545. The fourth-order valence-electron chi connectivity index (χ4n) is 2.77. The number of aliphatic hydroxyl groups is 1. The maximum atomic E-state index is 13.8. The third kappa shape index (κ3) is 2.23. The molecule has 0 spiro atoms. The normalized spacial score (nSPS) is 20.7. The molecule has 26 heavy (non-hydrogen) atoms. The molecule has 1 N–H and O–H groups in total. The van der Waals surface area contributed by atoms with Gasteiger partial charge in [-0.1, -0.05) is 0 Å². The minimum absolute atomic E-state index is 0.115. The molecule has 2 aromatic rings. The summed E-state index contributed by atoms with van der Waals surface area (Å²) in [6.07, 6.45) is -6.64. The highest BCUT2D eigenvalue weighted by Gasteiger charge is 2.74. The van der Waals surface area contributed by atoms with Crippen molar-refractivity contribution in [1.29, 1.82) is 0 Å². The Morgan fingerprint density at radius 2 is 1.77 bits per heavy atom. The molecule has 3 rings (SSSR count). The van der Waals surface area contributed by atoms with E-state index in [0.29, 0.717) is 0 Å². The molecule has 1 aromatic carbocycles. The van der Waals surface area contributed by atoms with Gasteiger partial charge in [0.15, 0.2) is 17.1 Å². The second-order valence-corrected chi connectivity index (χ2v) is 5.49. The summed E-state index contributed by atoms with van der Waals surface area (Å²) in [5, 5.41) is 10.1. The Labute approximate surface area is 142 Å². The molecule has 0 amide bonds. The molecule has 1 atom stereocenters. The van der Waals surface area contributed by atoms with Gasteiger partial charge < -0.3 is 23.7 Å². The zero-order valence-electron chi connectivity index (χ0n) is 13.2. The first-order valence-corrected chi connectivity index (χ1v) is 7.02. The number of fused-ring (bicyclic) bond motifs is 2. The van der Waals surface area contributed by atoms with E-state index >= 15 is 0 Å². The highest BCUT2D eigenvalue weighted by molar-refractivity contribution is 6.10. The largest absolute Gasteiger partial charge is 0.495 e. The van der Waals surface area contributed by atoms with Gasteiger partial charge in [-0.25, -0.2) is 0 Å². The second-order valence-electron chi connectivity index (χ2n) is 5.49. The molecule has 1 aromatic heterocycles. The van der Waals surface area contributed by atoms with Gasteiger partial charge in [0.2, 0.25) is 5.75 Å². The smallest absolute Gasteiger partial charge is 0.460 e. The van der Waals surface area contributed by atoms with E-state index in [2.05, 4.69) is 4.74 Å². The summed E-state index contributed by atoms with van der Waals surface area (Å²) < 4.78 is 85.5. The van der Waals surface area contributed by atoms with Gasteiger partial charge in [-0.05, 0) is 6.07 Å². The highest BCUT2D eigenvalue weighted by atomic mass is 19.4. The third-order valence-electron chi connectivity index (χ3n) is 3.98. The van der Waals surface area contributed by atoms with Gasteiger partial charge in [-0.15, -0.1) is 0 Å². The van der Waals surface area contributed by atoms with Gasteiger partial charge in [0, 0.05) is 0 Å². The number of carbonyl (C=O) groups excluding carboxylic acids is 1. The Kier molecular flexibility index (Phi) is 3.83. The van der Waals surface area contributed by atoms with Gasteiger partial charge in [0.1, 0.15) is 11.3 Å². The van der Waals surface area contributed by atoms with Crippen molar-refractivity contribution < 1.29 is 50.5 Å². The van der Waals surface area contributed by atoms with E-state index in [1.807, 2.05) is 0 Å². The monoisotopic (exact) mass is 382 g/mol. The maximum absolute atomic E-state index is 13.8. The molecule has 0 radical (unpaired) electrons. The maximum Gasteiger partial charge on any atom is 0.460 e. The van der Waals surface area contributed by atoms with Gasteiger partial charge >= 0.3 is 12.1 Å². The number of furan rings is 1. The predicted octanol–water partition coefficient (Wildman–Crippen LogP) is 3.30. The first-order valence-electron chi connectivity index (χ1n) is 7.02. The van der Waals surface area contributed by atoms with Crippen LogP contribution in [0.5, 0.6) is 17.2 Å². The summed E-state index contributed by atoms with van der Waals surface area (Å²) in [5.74, 6) is -12.5. The topological polar surface area (TPSA) is 78.1 Å². The van der Waals surface area contributed by atoms with E-state index in [0.717, 1.165) is 14.2 Å². The van der Waals surface area contributed by atoms with Crippen molar-refractivity contribution in [2.24, 2.45) is 0 Å². The van der Waals surface area contributed by atoms with Crippen LogP contribution in [-0.2, 0) is 0 Å². The van der Waals surface area contributed by atoms with Crippen molar-refractivity contribution >= 4 is 16.8 Å². The van der Waals surface area contributed by atoms with Crippen LogP contribution in [0.4, 0.5) is 22.0 Å². The molecule has 0 aliphatic carbocycles. The lowest BCUT2D eigenvalue weighted by atomic mass is 9.92. The molecule has 0 saturated carbocycles. The van der Waals surface area contributed by atoms with Crippen LogP contribution in [0.3, 0.4) is 0 Å². The summed E-state index contributed by atoms with van der Waals surface area (Å²) >= 11 is 0. The number of benzene rings is 1. The van der Waals surface area contributed by atoms with E-state index in [4.69, 9.17) is 13.9 Å². The molecule has 0 bridgehead atoms. The lowest BCUT2D eigenvalue weighted by Crippen LogP contribution is -2.62. The van der Waals surface area contributed by atoms with Crippen LogP contribution in [0.1, 0.15) is 16.8 Å². The number of hydrogen-bond donors (Lipinski definition) is 1. The molecule has 1 aliphatic rings. The number of hydrogen-bond acceptors (Lipinski definition) is 6. The Hall–Kier alpha value is -2.56. The molecule has 1 unspecified atom stereocenters. The van der Waals surface area contributed by atoms with Crippen molar-refractivity contribution in [2.45, 2.75) is 24.3 Å². The number of ketones is 1. The average molecular weight is 382 g/mol. The van der Waals surface area contributed by atoms with E-state index in [1.165, 1.54) is 12.3 Å². The molecule has 0 fully saturated rings. The quantitative estimate of drug-likeness (QED) is 0.821. The Bertz CT molecular complexity index is 887. The first-order chi connectivity index (χ1) is 12.0. The van der Waals surface area contributed by atoms with Crippen molar-refractivity contribution in [1.82, 2.24) is 0 Å². The highest BCUT2D eigenvalue weighted by Crippen LogP contribution is 2.54. The van der Waals surface area contributed by atoms with Crippen LogP contribution in [-0.4, -0.2) is 43.0 Å². The van der Waals surface area contributed by atoms with Crippen molar-refractivity contribution in [3.05, 3.63) is 17.9 Å². The zero-order chi connectivity index (χ0) is 19.5. The summed E-state index contributed by atoms with van der Waals surface area (Å²) in [4.78, 5) is 12.4. The second kappa shape index (κ2) is 5.47. The van der Waals surface area contributed by atoms with Crippen LogP contribution in [0.2, 0.25) is 0 Å². The Balaban J connectivity index is 2.30. The fourth-order valence-corrected chi connectivity index (χ4v) is 2.77. The van der Waals surface area contributed by atoms with E-state index in [1.54, 1.807) is 0 Å². The van der Waals surface area contributed by atoms with Crippen molar-refractivity contribution in [3.63, 3.8) is 0 Å². The molecule has 1 aliphatic heterocycles. The van der Waals surface area contributed by atoms with Crippen LogP contribution in [0, 0.1) is 0 Å². The van der Waals surface area contributed by atoms with Gasteiger partial charge in [0.25, 0.3) is 5.79 Å². The van der Waals surface area contributed by atoms with Gasteiger partial charge in [0.05, 0.1) is 32.3 Å². The Morgan fingerprint density at radius 3 is 2.31 bits per heavy atom. The molecular weight excluding hydrogens is 371 g/mol. The predicted molar refractivity (Wildman–Crippen MR) is 74.8 cm³/mol. The number of carbonyl (C=O) groups is 1. The lowest BCUT2D eigenvalue weighted by molar-refractivity contribution is -0.384. The number of rotatable bonds is 3. The molecular formula is C15H11F5O6.